The molecule has 0 aliphatic carbocycles. The molecule has 0 spiro atoms. The van der Waals surface area contributed by atoms with E-state index in [0.29, 0.717) is 12.2 Å². The van der Waals surface area contributed by atoms with Crippen molar-refractivity contribution in [1.29, 1.82) is 0 Å². The first-order chi connectivity index (χ1) is 8.97. The van der Waals surface area contributed by atoms with E-state index >= 15 is 0 Å². The van der Waals surface area contributed by atoms with Crippen LogP contribution in [0.5, 0.6) is 0 Å². The van der Waals surface area contributed by atoms with Gasteiger partial charge in [0.1, 0.15) is 5.82 Å². The standard InChI is InChI=1S/C12H18FN3O2S/c13-11-9-10(19(14,17)18)3-4-12(11)15-5-8-16-6-1-2-7-16/h3-4,9,15H,1-2,5-8H2,(H2,14,17,18). The fourth-order valence-corrected chi connectivity index (χ4v) is 2.70. The number of nitrogens with one attached hydrogen (secondary N) is 1. The van der Waals surface area contributed by atoms with Crippen LogP contribution in [0.1, 0.15) is 12.8 Å². The Balaban J connectivity index is 1.93. The van der Waals surface area contributed by atoms with Crippen molar-refractivity contribution >= 4 is 15.7 Å². The molecule has 1 aromatic rings. The number of nitrogens with two attached hydrogens (primary N) is 1. The van der Waals surface area contributed by atoms with Gasteiger partial charge in [-0.2, -0.15) is 0 Å². The van der Waals surface area contributed by atoms with Crippen LogP contribution < -0.4 is 10.5 Å². The summed E-state index contributed by atoms with van der Waals surface area (Å²) in [6.45, 7) is 3.67. The quantitative estimate of drug-likeness (QED) is 0.846. The average molecular weight is 287 g/mol. The molecule has 1 heterocycles. The maximum atomic E-state index is 13.7. The first kappa shape index (κ1) is 14.2. The van der Waals surface area contributed by atoms with Crippen molar-refractivity contribution in [3.8, 4) is 0 Å². The van der Waals surface area contributed by atoms with Crippen molar-refractivity contribution in [3.63, 3.8) is 0 Å². The van der Waals surface area contributed by atoms with Crippen molar-refractivity contribution in [2.75, 3.05) is 31.5 Å². The third-order valence-electron chi connectivity index (χ3n) is 3.21. The molecule has 0 saturated carbocycles. The Morgan fingerprint density at radius 3 is 2.58 bits per heavy atom. The van der Waals surface area contributed by atoms with Crippen molar-refractivity contribution in [2.45, 2.75) is 17.7 Å². The fraction of sp³-hybridized carbons (Fsp3) is 0.500. The minimum Gasteiger partial charge on any atom is -0.381 e. The Kier molecular flexibility index (Phi) is 4.38. The second-order valence-corrected chi connectivity index (χ2v) is 6.22. The number of hydrogen-bond acceptors (Lipinski definition) is 4. The van der Waals surface area contributed by atoms with Gasteiger partial charge in [0.2, 0.25) is 10.0 Å². The lowest BCUT2D eigenvalue weighted by Crippen LogP contribution is -2.26. The summed E-state index contributed by atoms with van der Waals surface area (Å²) >= 11 is 0. The highest BCUT2D eigenvalue weighted by atomic mass is 32.2. The van der Waals surface area contributed by atoms with E-state index < -0.39 is 15.8 Å². The van der Waals surface area contributed by atoms with E-state index in [1.54, 1.807) is 0 Å². The number of benzene rings is 1. The van der Waals surface area contributed by atoms with Gasteiger partial charge in [-0.25, -0.2) is 17.9 Å². The molecule has 7 heteroatoms. The number of anilines is 1. The van der Waals surface area contributed by atoms with Gasteiger partial charge in [0.15, 0.2) is 0 Å². The van der Waals surface area contributed by atoms with Gasteiger partial charge in [-0.3, -0.25) is 0 Å². The van der Waals surface area contributed by atoms with Crippen molar-refractivity contribution in [2.24, 2.45) is 5.14 Å². The highest BCUT2D eigenvalue weighted by Crippen LogP contribution is 2.18. The van der Waals surface area contributed by atoms with E-state index in [0.717, 1.165) is 25.7 Å². The summed E-state index contributed by atoms with van der Waals surface area (Å²) in [5.41, 5.74) is 0.298. The molecular formula is C12H18FN3O2S. The molecule has 0 radical (unpaired) electrons. The smallest absolute Gasteiger partial charge is 0.238 e. The predicted octanol–water partition coefficient (Wildman–Crippen LogP) is 0.981. The van der Waals surface area contributed by atoms with Gasteiger partial charge in [-0.1, -0.05) is 0 Å². The lowest BCUT2D eigenvalue weighted by molar-refractivity contribution is 0.352. The van der Waals surface area contributed by atoms with Crippen molar-refractivity contribution in [3.05, 3.63) is 24.0 Å². The molecule has 1 saturated heterocycles. The van der Waals surface area contributed by atoms with Crippen molar-refractivity contribution < 1.29 is 12.8 Å². The van der Waals surface area contributed by atoms with Gasteiger partial charge in [0.05, 0.1) is 10.6 Å². The summed E-state index contributed by atoms with van der Waals surface area (Å²) in [5.74, 6) is -0.604. The highest BCUT2D eigenvalue weighted by molar-refractivity contribution is 7.89. The van der Waals surface area contributed by atoms with Gasteiger partial charge < -0.3 is 10.2 Å². The molecule has 3 N–H and O–H groups in total. The second-order valence-electron chi connectivity index (χ2n) is 4.66. The minimum absolute atomic E-state index is 0.213. The number of hydrogen-bond donors (Lipinski definition) is 2. The van der Waals surface area contributed by atoms with E-state index in [4.69, 9.17) is 5.14 Å². The van der Waals surface area contributed by atoms with Gasteiger partial charge >= 0.3 is 0 Å². The van der Waals surface area contributed by atoms with Crippen LogP contribution in [0.2, 0.25) is 0 Å². The van der Waals surface area contributed by atoms with Crippen LogP contribution in [0.3, 0.4) is 0 Å². The van der Waals surface area contributed by atoms with E-state index in [1.807, 2.05) is 0 Å². The minimum atomic E-state index is -3.85. The monoisotopic (exact) mass is 287 g/mol. The number of nitrogens with zero attached hydrogens (tertiary/aromatic N) is 1. The number of rotatable bonds is 5. The molecule has 1 aliphatic rings. The summed E-state index contributed by atoms with van der Waals surface area (Å²) in [6, 6.07) is 3.64. The number of primary sulfonamides is 1. The van der Waals surface area contributed by atoms with Crippen LogP contribution >= 0.6 is 0 Å². The summed E-state index contributed by atoms with van der Waals surface area (Å²) in [7, 11) is -3.85. The Bertz CT molecular complexity index is 542. The zero-order valence-electron chi connectivity index (χ0n) is 10.6. The SMILES string of the molecule is NS(=O)(=O)c1ccc(NCCN2CCCC2)c(F)c1. The molecule has 0 bridgehead atoms. The maximum Gasteiger partial charge on any atom is 0.238 e. The molecule has 0 atom stereocenters. The largest absolute Gasteiger partial charge is 0.381 e. The Hall–Kier alpha value is -1.18. The third kappa shape index (κ3) is 3.89. The first-order valence-electron chi connectivity index (χ1n) is 6.25. The summed E-state index contributed by atoms with van der Waals surface area (Å²) in [6.07, 6.45) is 2.44. The van der Waals surface area contributed by atoms with E-state index in [2.05, 4.69) is 10.2 Å². The van der Waals surface area contributed by atoms with E-state index in [9.17, 15) is 12.8 Å². The molecule has 5 nitrogen and oxygen atoms in total. The normalized spacial score (nSPS) is 16.7. The lowest BCUT2D eigenvalue weighted by atomic mass is 10.3. The molecule has 106 valence electrons. The molecule has 1 aliphatic heterocycles. The number of likely N-dealkylation sites (tertiary alicyclic amines) is 1. The molecule has 1 aromatic carbocycles. The van der Waals surface area contributed by atoms with Crippen LogP contribution in [0.4, 0.5) is 10.1 Å². The third-order valence-corrected chi connectivity index (χ3v) is 4.12. The molecule has 0 unspecified atom stereocenters. The molecule has 0 amide bonds. The predicted molar refractivity (Wildman–Crippen MR) is 71.9 cm³/mol. The Labute approximate surface area is 112 Å². The van der Waals surface area contributed by atoms with Crippen LogP contribution in [-0.4, -0.2) is 39.5 Å². The molecule has 0 aromatic heterocycles. The molecular weight excluding hydrogens is 269 g/mol. The van der Waals surface area contributed by atoms with E-state index in [1.165, 1.54) is 25.0 Å². The van der Waals surface area contributed by atoms with Crippen LogP contribution in [0.15, 0.2) is 23.1 Å². The first-order valence-corrected chi connectivity index (χ1v) is 7.80. The van der Waals surface area contributed by atoms with E-state index in [-0.39, 0.29) is 4.90 Å². The summed E-state index contributed by atoms with van der Waals surface area (Å²) < 4.78 is 35.8. The summed E-state index contributed by atoms with van der Waals surface area (Å²) in [5, 5.41) is 7.90. The lowest BCUT2D eigenvalue weighted by Gasteiger charge is -2.15. The Morgan fingerprint density at radius 2 is 2.00 bits per heavy atom. The Morgan fingerprint density at radius 1 is 1.32 bits per heavy atom. The fourth-order valence-electron chi connectivity index (χ4n) is 2.17. The van der Waals surface area contributed by atoms with Gasteiger partial charge in [-0.05, 0) is 44.1 Å². The topological polar surface area (TPSA) is 75.4 Å². The zero-order chi connectivity index (χ0) is 13.9. The van der Waals surface area contributed by atoms with Crippen LogP contribution in [-0.2, 0) is 10.0 Å². The van der Waals surface area contributed by atoms with Gasteiger partial charge in [0, 0.05) is 13.1 Å². The van der Waals surface area contributed by atoms with Gasteiger partial charge in [0.25, 0.3) is 0 Å². The highest BCUT2D eigenvalue weighted by Gasteiger charge is 2.13. The van der Waals surface area contributed by atoms with Gasteiger partial charge in [-0.15, -0.1) is 0 Å². The molecule has 1 fully saturated rings. The number of sulfonamides is 1. The van der Waals surface area contributed by atoms with Crippen molar-refractivity contribution in [1.82, 2.24) is 4.90 Å². The van der Waals surface area contributed by atoms with Crippen LogP contribution in [0, 0.1) is 5.82 Å². The summed E-state index contributed by atoms with van der Waals surface area (Å²) in [4.78, 5) is 2.10. The van der Waals surface area contributed by atoms with Crippen LogP contribution in [0.25, 0.3) is 0 Å². The second kappa shape index (κ2) is 5.85. The number of halogens is 1. The molecule has 19 heavy (non-hydrogen) atoms. The molecule has 2 rings (SSSR count). The zero-order valence-corrected chi connectivity index (χ0v) is 11.4. The maximum absolute atomic E-state index is 13.7. The average Bonchev–Trinajstić information content (AvgIpc) is 2.83.